The number of amides is 2. The Hall–Kier alpha value is -3.37. The average Bonchev–Trinajstić information content (AvgIpc) is 3.27. The molecule has 1 unspecified atom stereocenters. The molecule has 188 valence electrons. The molecule has 0 radical (unpaired) electrons. The Morgan fingerprint density at radius 2 is 1.81 bits per heavy atom. The molecular formula is C26H28N4O5S. The Balaban J connectivity index is 1.23. The molecule has 2 N–H and O–H groups in total. The molecule has 36 heavy (non-hydrogen) atoms. The number of likely N-dealkylation sites (tertiary alicyclic amines) is 1. The molecular weight excluding hydrogens is 480 g/mol. The largest absolute Gasteiger partial charge is 0.390 e. The number of hydrogen-bond acceptors (Lipinski definition) is 7. The number of piperidine rings is 1. The highest BCUT2D eigenvalue weighted by atomic mass is 32.2. The monoisotopic (exact) mass is 508 g/mol. The van der Waals surface area contributed by atoms with Crippen molar-refractivity contribution in [1.29, 1.82) is 0 Å². The normalized spacial score (nSPS) is 19.9. The zero-order valence-corrected chi connectivity index (χ0v) is 20.6. The number of nitrogens with one attached hydrogen (secondary N) is 1. The van der Waals surface area contributed by atoms with Gasteiger partial charge < -0.3 is 15.3 Å². The number of rotatable bonds is 6. The summed E-state index contributed by atoms with van der Waals surface area (Å²) in [6.07, 6.45) is 4.99. The number of hydrogen-bond donors (Lipinski definition) is 2. The Bertz CT molecular complexity index is 1390. The van der Waals surface area contributed by atoms with Gasteiger partial charge in [0.1, 0.15) is 5.52 Å². The number of fused-ring (bicyclic) bond motifs is 1. The van der Waals surface area contributed by atoms with Crippen LogP contribution in [0, 0.1) is 5.92 Å². The molecule has 0 spiro atoms. The van der Waals surface area contributed by atoms with Gasteiger partial charge in [0.05, 0.1) is 21.8 Å². The molecule has 2 amide bonds. The summed E-state index contributed by atoms with van der Waals surface area (Å²) >= 11 is 0. The quantitative estimate of drug-likeness (QED) is 0.522. The van der Waals surface area contributed by atoms with Crippen LogP contribution in [0.5, 0.6) is 0 Å². The first-order valence-electron chi connectivity index (χ1n) is 12.0. The summed E-state index contributed by atoms with van der Waals surface area (Å²) in [5.74, 6) is -0.545. The molecule has 2 saturated heterocycles. The Morgan fingerprint density at radius 3 is 2.50 bits per heavy atom. The summed E-state index contributed by atoms with van der Waals surface area (Å²) in [5.41, 5.74) is 0.945. The molecule has 0 saturated carbocycles. The van der Waals surface area contributed by atoms with Gasteiger partial charge in [0.2, 0.25) is 5.91 Å². The summed E-state index contributed by atoms with van der Waals surface area (Å²) in [6, 6.07) is 11.5. The van der Waals surface area contributed by atoms with Gasteiger partial charge in [-0.2, -0.15) is 0 Å². The van der Waals surface area contributed by atoms with Crippen molar-refractivity contribution >= 4 is 32.7 Å². The maximum Gasteiger partial charge on any atom is 0.253 e. The number of carbonyl (C=O) groups is 2. The van der Waals surface area contributed by atoms with Crippen LogP contribution in [0.15, 0.2) is 59.8 Å². The van der Waals surface area contributed by atoms with Crippen molar-refractivity contribution in [1.82, 2.24) is 20.2 Å². The number of benzene rings is 2. The van der Waals surface area contributed by atoms with E-state index < -0.39 is 15.4 Å². The van der Waals surface area contributed by atoms with Gasteiger partial charge >= 0.3 is 0 Å². The van der Waals surface area contributed by atoms with Gasteiger partial charge in [-0.3, -0.25) is 19.6 Å². The summed E-state index contributed by atoms with van der Waals surface area (Å²) in [7, 11) is -3.67. The highest BCUT2D eigenvalue weighted by molar-refractivity contribution is 7.90. The van der Waals surface area contributed by atoms with Crippen molar-refractivity contribution in [2.45, 2.75) is 41.9 Å². The number of aliphatic hydroxyl groups is 1. The number of aromatic nitrogens is 2. The summed E-state index contributed by atoms with van der Waals surface area (Å²) in [6.45, 7) is 1.46. The van der Waals surface area contributed by atoms with Gasteiger partial charge in [0.15, 0.2) is 9.84 Å². The Labute approximate surface area is 209 Å². The topological polar surface area (TPSA) is 130 Å². The fraction of sp³-hybridized carbons (Fsp3) is 0.385. The highest BCUT2D eigenvalue weighted by Crippen LogP contribution is 2.32. The van der Waals surface area contributed by atoms with Crippen LogP contribution in [-0.2, 0) is 20.4 Å². The molecule has 0 aliphatic carbocycles. The number of carbonyl (C=O) groups excluding carboxylic acids is 2. The molecule has 3 aromatic rings. The van der Waals surface area contributed by atoms with Crippen LogP contribution in [0.2, 0.25) is 0 Å². The van der Waals surface area contributed by atoms with E-state index in [1.54, 1.807) is 41.3 Å². The van der Waals surface area contributed by atoms with E-state index in [-0.39, 0.29) is 28.4 Å². The molecule has 1 atom stereocenters. The van der Waals surface area contributed by atoms with Crippen molar-refractivity contribution in [2.24, 2.45) is 5.92 Å². The van der Waals surface area contributed by atoms with Crippen LogP contribution < -0.4 is 5.32 Å². The highest BCUT2D eigenvalue weighted by Gasteiger charge is 2.39. The second kappa shape index (κ2) is 9.59. The van der Waals surface area contributed by atoms with Crippen molar-refractivity contribution in [3.05, 3.63) is 66.0 Å². The maximum absolute atomic E-state index is 13.1. The SMILES string of the molecule is O=C1NCCC1CC1(O)CCN(C(=O)c2ccc(CS(=O)(=O)c3cccc4nccnc34)cc2)CC1. The summed E-state index contributed by atoms with van der Waals surface area (Å²) < 4.78 is 26.2. The number of para-hydroxylation sites is 1. The molecule has 2 aliphatic heterocycles. The van der Waals surface area contributed by atoms with E-state index >= 15 is 0 Å². The van der Waals surface area contributed by atoms with E-state index in [1.165, 1.54) is 18.5 Å². The molecule has 2 aliphatic rings. The van der Waals surface area contributed by atoms with Crippen LogP contribution in [0.1, 0.15) is 41.6 Å². The predicted octanol–water partition coefficient (Wildman–Crippen LogP) is 2.10. The zero-order valence-electron chi connectivity index (χ0n) is 19.8. The third-order valence-electron chi connectivity index (χ3n) is 7.12. The third kappa shape index (κ3) is 4.96. The van der Waals surface area contributed by atoms with Crippen LogP contribution in [0.25, 0.3) is 11.0 Å². The lowest BCUT2D eigenvalue weighted by Crippen LogP contribution is -2.48. The van der Waals surface area contributed by atoms with Crippen LogP contribution in [0.3, 0.4) is 0 Å². The summed E-state index contributed by atoms with van der Waals surface area (Å²) in [4.78, 5) is 35.1. The minimum absolute atomic E-state index is 0.00239. The van der Waals surface area contributed by atoms with Gasteiger partial charge in [-0.05, 0) is 55.5 Å². The fourth-order valence-electron chi connectivity index (χ4n) is 5.07. The minimum atomic E-state index is -3.67. The molecule has 0 bridgehead atoms. The first-order valence-corrected chi connectivity index (χ1v) is 13.7. The molecule has 2 aromatic carbocycles. The Morgan fingerprint density at radius 1 is 1.08 bits per heavy atom. The molecule has 10 heteroatoms. The zero-order chi connectivity index (χ0) is 25.3. The second-order valence-electron chi connectivity index (χ2n) is 9.63. The molecule has 9 nitrogen and oxygen atoms in total. The molecule has 2 fully saturated rings. The lowest BCUT2D eigenvalue weighted by Gasteiger charge is -2.39. The smallest absolute Gasteiger partial charge is 0.253 e. The van der Waals surface area contributed by atoms with Gasteiger partial charge in [-0.25, -0.2) is 8.42 Å². The van der Waals surface area contributed by atoms with E-state index in [4.69, 9.17) is 0 Å². The number of sulfone groups is 1. The van der Waals surface area contributed by atoms with Gasteiger partial charge in [0.25, 0.3) is 5.91 Å². The minimum Gasteiger partial charge on any atom is -0.390 e. The van der Waals surface area contributed by atoms with Crippen molar-refractivity contribution in [3.8, 4) is 0 Å². The maximum atomic E-state index is 13.1. The van der Waals surface area contributed by atoms with E-state index in [0.29, 0.717) is 61.1 Å². The van der Waals surface area contributed by atoms with E-state index in [0.717, 1.165) is 6.42 Å². The van der Waals surface area contributed by atoms with E-state index in [1.807, 2.05) is 0 Å². The first kappa shape index (κ1) is 24.3. The lowest BCUT2D eigenvalue weighted by molar-refractivity contribution is -0.125. The van der Waals surface area contributed by atoms with Crippen molar-refractivity contribution in [3.63, 3.8) is 0 Å². The standard InChI is InChI=1S/C26H28N4O5S/c31-24-20(8-11-29-24)16-26(33)9-14-30(15-10-26)25(32)19-6-4-18(5-7-19)17-36(34,35)22-3-1-2-21-23(22)28-13-12-27-21/h1-7,12-13,20,33H,8-11,14-17H2,(H,29,31). The summed E-state index contributed by atoms with van der Waals surface area (Å²) in [5, 5.41) is 13.7. The van der Waals surface area contributed by atoms with Crippen LogP contribution in [0.4, 0.5) is 0 Å². The first-order chi connectivity index (χ1) is 17.2. The van der Waals surface area contributed by atoms with Gasteiger partial charge in [-0.15, -0.1) is 0 Å². The predicted molar refractivity (Wildman–Crippen MR) is 133 cm³/mol. The lowest BCUT2D eigenvalue weighted by atomic mass is 9.82. The second-order valence-corrected chi connectivity index (χ2v) is 11.6. The molecule has 1 aromatic heterocycles. The van der Waals surface area contributed by atoms with Crippen LogP contribution >= 0.6 is 0 Å². The third-order valence-corrected chi connectivity index (χ3v) is 8.84. The number of nitrogens with zero attached hydrogens (tertiary/aromatic N) is 3. The van der Waals surface area contributed by atoms with Crippen molar-refractivity contribution < 1.29 is 23.1 Å². The van der Waals surface area contributed by atoms with Crippen molar-refractivity contribution in [2.75, 3.05) is 19.6 Å². The van der Waals surface area contributed by atoms with Gasteiger partial charge in [-0.1, -0.05) is 18.2 Å². The Kier molecular flexibility index (Phi) is 6.48. The van der Waals surface area contributed by atoms with E-state index in [9.17, 15) is 23.1 Å². The molecule has 3 heterocycles. The van der Waals surface area contributed by atoms with E-state index in [2.05, 4.69) is 15.3 Å². The van der Waals surface area contributed by atoms with Gasteiger partial charge in [0, 0.05) is 43.5 Å². The molecule has 5 rings (SSSR count). The fourth-order valence-corrected chi connectivity index (χ4v) is 6.59. The average molecular weight is 509 g/mol. The van der Waals surface area contributed by atoms with Crippen LogP contribution in [-0.4, -0.2) is 65.4 Å².